The monoisotopic (exact) mass is 374 g/mol. The van der Waals surface area contributed by atoms with Gasteiger partial charge in [-0.15, -0.1) is 0 Å². The van der Waals surface area contributed by atoms with Gasteiger partial charge in [0.1, 0.15) is 0 Å². The molecule has 1 atom stereocenters. The standard InChI is InChI=1S/C25H30N2O/c1-26-23-10-6-5-9-21(23)22-17-19(11-12-24(22)26)18-27-15-13-25(28,14-16-27)20-7-3-2-4-8-20/h2-10,19,28H,11-18H2,1H3. The number of benzene rings is 2. The van der Waals surface area contributed by atoms with Gasteiger partial charge in [-0.05, 0) is 55.2 Å². The summed E-state index contributed by atoms with van der Waals surface area (Å²) in [6.45, 7) is 3.14. The Morgan fingerprint density at radius 2 is 1.71 bits per heavy atom. The van der Waals surface area contributed by atoms with Crippen LogP contribution in [-0.2, 0) is 25.5 Å². The van der Waals surface area contributed by atoms with E-state index in [1.54, 1.807) is 5.56 Å². The normalized spacial score (nSPS) is 22.3. The molecular weight excluding hydrogens is 344 g/mol. The Morgan fingerprint density at radius 3 is 2.50 bits per heavy atom. The van der Waals surface area contributed by atoms with E-state index in [0.29, 0.717) is 0 Å². The molecular formula is C25H30N2O. The Labute approximate surface area is 167 Å². The van der Waals surface area contributed by atoms with Crippen LogP contribution >= 0.6 is 0 Å². The molecule has 1 unspecified atom stereocenters. The van der Waals surface area contributed by atoms with Crippen LogP contribution in [0, 0.1) is 5.92 Å². The summed E-state index contributed by atoms with van der Waals surface area (Å²) in [5, 5.41) is 12.5. The summed E-state index contributed by atoms with van der Waals surface area (Å²) in [4.78, 5) is 2.58. The number of fused-ring (bicyclic) bond motifs is 3. The zero-order chi connectivity index (χ0) is 19.1. The summed E-state index contributed by atoms with van der Waals surface area (Å²) in [5.74, 6) is 0.723. The van der Waals surface area contributed by atoms with Crippen molar-refractivity contribution < 1.29 is 5.11 Å². The van der Waals surface area contributed by atoms with Crippen LogP contribution in [0.25, 0.3) is 10.9 Å². The lowest BCUT2D eigenvalue weighted by Crippen LogP contribution is -2.44. The van der Waals surface area contributed by atoms with Gasteiger partial charge >= 0.3 is 0 Å². The zero-order valence-electron chi connectivity index (χ0n) is 16.8. The van der Waals surface area contributed by atoms with Gasteiger partial charge in [0.25, 0.3) is 0 Å². The van der Waals surface area contributed by atoms with Crippen LogP contribution in [0.1, 0.15) is 36.1 Å². The molecule has 1 saturated heterocycles. The van der Waals surface area contributed by atoms with Gasteiger partial charge < -0.3 is 14.6 Å². The van der Waals surface area contributed by atoms with Crippen molar-refractivity contribution in [2.24, 2.45) is 13.0 Å². The van der Waals surface area contributed by atoms with Gasteiger partial charge in [0, 0.05) is 43.3 Å². The number of rotatable bonds is 3. The Morgan fingerprint density at radius 1 is 1.00 bits per heavy atom. The summed E-state index contributed by atoms with van der Waals surface area (Å²) in [5.41, 5.74) is 4.92. The van der Waals surface area contributed by atoms with Crippen LogP contribution in [0.3, 0.4) is 0 Å². The fourth-order valence-electron chi connectivity index (χ4n) is 5.47. The first kappa shape index (κ1) is 18.0. The van der Waals surface area contributed by atoms with E-state index < -0.39 is 5.60 Å². The van der Waals surface area contributed by atoms with Crippen LogP contribution in [0.15, 0.2) is 54.6 Å². The molecule has 0 bridgehead atoms. The van der Waals surface area contributed by atoms with Crippen LogP contribution in [0.4, 0.5) is 0 Å². The third kappa shape index (κ3) is 3.07. The van der Waals surface area contributed by atoms with Gasteiger partial charge in [0.05, 0.1) is 5.60 Å². The number of aliphatic hydroxyl groups is 1. The maximum Gasteiger partial charge on any atom is 0.0920 e. The molecule has 3 nitrogen and oxygen atoms in total. The maximum absolute atomic E-state index is 11.1. The first-order valence-electron chi connectivity index (χ1n) is 10.7. The van der Waals surface area contributed by atoms with Crippen molar-refractivity contribution in [2.75, 3.05) is 19.6 Å². The summed E-state index contributed by atoms with van der Waals surface area (Å²) in [7, 11) is 2.22. The molecule has 3 aromatic rings. The molecule has 2 aromatic carbocycles. The van der Waals surface area contributed by atoms with Crippen molar-refractivity contribution in [2.45, 2.75) is 37.7 Å². The summed E-state index contributed by atoms with van der Waals surface area (Å²) in [6.07, 6.45) is 5.33. The Kier molecular flexibility index (Phi) is 4.53. The third-order valence-corrected chi connectivity index (χ3v) is 7.14. The van der Waals surface area contributed by atoms with E-state index in [1.807, 2.05) is 18.2 Å². The summed E-state index contributed by atoms with van der Waals surface area (Å²) < 4.78 is 2.40. The highest BCUT2D eigenvalue weighted by molar-refractivity contribution is 5.85. The number of hydrogen-bond acceptors (Lipinski definition) is 2. The number of para-hydroxylation sites is 1. The quantitative estimate of drug-likeness (QED) is 0.742. The highest BCUT2D eigenvalue weighted by Gasteiger charge is 2.35. The minimum absolute atomic E-state index is 0.646. The van der Waals surface area contributed by atoms with Crippen molar-refractivity contribution in [3.05, 3.63) is 71.4 Å². The van der Waals surface area contributed by atoms with E-state index in [2.05, 4.69) is 52.9 Å². The Balaban J connectivity index is 1.26. The molecule has 5 rings (SSSR count). The number of nitrogens with zero attached hydrogens (tertiary/aromatic N) is 2. The molecule has 146 valence electrons. The fourth-order valence-corrected chi connectivity index (χ4v) is 5.47. The van der Waals surface area contributed by atoms with Crippen LogP contribution in [-0.4, -0.2) is 34.2 Å². The minimum atomic E-state index is -0.646. The highest BCUT2D eigenvalue weighted by atomic mass is 16.3. The van der Waals surface area contributed by atoms with Gasteiger partial charge in [-0.1, -0.05) is 48.5 Å². The molecule has 1 aliphatic heterocycles. The van der Waals surface area contributed by atoms with Gasteiger partial charge in [-0.3, -0.25) is 0 Å². The smallest absolute Gasteiger partial charge is 0.0920 e. The van der Waals surface area contributed by atoms with Crippen LogP contribution in [0.5, 0.6) is 0 Å². The number of aryl methyl sites for hydroxylation is 1. The summed E-state index contributed by atoms with van der Waals surface area (Å²) in [6, 6.07) is 19.1. The second-order valence-corrected chi connectivity index (χ2v) is 8.81. The number of piperidine rings is 1. The van der Waals surface area contributed by atoms with Gasteiger partial charge in [-0.2, -0.15) is 0 Å². The number of likely N-dealkylation sites (tertiary alicyclic amines) is 1. The largest absolute Gasteiger partial charge is 0.385 e. The molecule has 0 radical (unpaired) electrons. The van der Waals surface area contributed by atoms with Crippen molar-refractivity contribution >= 4 is 10.9 Å². The lowest BCUT2D eigenvalue weighted by Gasteiger charge is -2.40. The molecule has 1 aromatic heterocycles. The van der Waals surface area contributed by atoms with E-state index in [9.17, 15) is 5.11 Å². The second-order valence-electron chi connectivity index (χ2n) is 8.81. The fraction of sp³-hybridized carbons (Fsp3) is 0.440. The average Bonchev–Trinajstić information content (AvgIpc) is 3.03. The SMILES string of the molecule is Cn1c2c(c3ccccc31)CC(CN1CCC(O)(c3ccccc3)CC1)CC2. The lowest BCUT2D eigenvalue weighted by molar-refractivity contribution is -0.0291. The minimum Gasteiger partial charge on any atom is -0.385 e. The molecule has 0 saturated carbocycles. The second kappa shape index (κ2) is 7.06. The van der Waals surface area contributed by atoms with E-state index in [0.717, 1.165) is 44.0 Å². The van der Waals surface area contributed by atoms with Crippen molar-refractivity contribution in [3.8, 4) is 0 Å². The number of hydrogen-bond donors (Lipinski definition) is 1. The van der Waals surface area contributed by atoms with Crippen molar-refractivity contribution in [1.29, 1.82) is 0 Å². The molecule has 2 aliphatic rings. The molecule has 0 amide bonds. The van der Waals surface area contributed by atoms with E-state index in [1.165, 1.54) is 35.9 Å². The molecule has 1 fully saturated rings. The zero-order valence-corrected chi connectivity index (χ0v) is 16.8. The Hall–Kier alpha value is -2.10. The molecule has 2 heterocycles. The summed E-state index contributed by atoms with van der Waals surface area (Å²) >= 11 is 0. The molecule has 3 heteroatoms. The van der Waals surface area contributed by atoms with E-state index in [-0.39, 0.29) is 0 Å². The van der Waals surface area contributed by atoms with Gasteiger partial charge in [-0.25, -0.2) is 0 Å². The van der Waals surface area contributed by atoms with Gasteiger partial charge in [0.2, 0.25) is 0 Å². The molecule has 1 aliphatic carbocycles. The lowest BCUT2D eigenvalue weighted by atomic mass is 9.82. The van der Waals surface area contributed by atoms with Crippen molar-refractivity contribution in [1.82, 2.24) is 9.47 Å². The number of aromatic nitrogens is 1. The average molecular weight is 375 g/mol. The van der Waals surface area contributed by atoms with Crippen LogP contribution < -0.4 is 0 Å². The third-order valence-electron chi connectivity index (χ3n) is 7.14. The first-order valence-corrected chi connectivity index (χ1v) is 10.7. The predicted molar refractivity (Wildman–Crippen MR) is 114 cm³/mol. The molecule has 28 heavy (non-hydrogen) atoms. The van der Waals surface area contributed by atoms with E-state index in [4.69, 9.17) is 0 Å². The molecule has 0 spiro atoms. The Bertz CT molecular complexity index is 967. The van der Waals surface area contributed by atoms with Gasteiger partial charge in [0.15, 0.2) is 0 Å². The maximum atomic E-state index is 11.1. The van der Waals surface area contributed by atoms with Crippen LogP contribution in [0.2, 0.25) is 0 Å². The molecule has 1 N–H and O–H groups in total. The highest BCUT2D eigenvalue weighted by Crippen LogP contribution is 2.36. The topological polar surface area (TPSA) is 28.4 Å². The first-order chi connectivity index (χ1) is 13.6. The van der Waals surface area contributed by atoms with E-state index >= 15 is 0 Å². The van der Waals surface area contributed by atoms with Crippen molar-refractivity contribution in [3.63, 3.8) is 0 Å². The predicted octanol–water partition coefficient (Wildman–Crippen LogP) is 4.27.